The molecule has 0 unspecified atom stereocenters. The second-order valence-electron chi connectivity index (χ2n) is 8.03. The largest absolute Gasteiger partial charge is 0.484 e. The lowest BCUT2D eigenvalue weighted by Gasteiger charge is -2.12. The minimum absolute atomic E-state index is 0.120. The van der Waals surface area contributed by atoms with E-state index in [1.807, 2.05) is 62.4 Å². The molecule has 34 heavy (non-hydrogen) atoms. The highest BCUT2D eigenvalue weighted by atomic mass is 32.2. The van der Waals surface area contributed by atoms with Crippen LogP contribution in [0.5, 0.6) is 5.75 Å². The molecule has 172 valence electrons. The molecular weight excluding hydrogens is 448 g/mol. The van der Waals surface area contributed by atoms with E-state index < -0.39 is 0 Å². The van der Waals surface area contributed by atoms with E-state index in [0.717, 1.165) is 34.0 Å². The summed E-state index contributed by atoms with van der Waals surface area (Å²) in [6, 6.07) is 22.3. The lowest BCUT2D eigenvalue weighted by molar-refractivity contribution is -0.123. The van der Waals surface area contributed by atoms with Gasteiger partial charge >= 0.3 is 0 Å². The third-order valence-corrected chi connectivity index (χ3v) is 6.09. The second-order valence-corrected chi connectivity index (χ2v) is 9.02. The zero-order valence-electron chi connectivity index (χ0n) is 18.9. The summed E-state index contributed by atoms with van der Waals surface area (Å²) < 4.78 is 5.55. The number of thioether (sulfide) groups is 1. The number of hydrogen-bond donors (Lipinski definition) is 1. The molecule has 3 aromatic rings. The van der Waals surface area contributed by atoms with Gasteiger partial charge in [-0.25, -0.2) is 0 Å². The Bertz CT molecular complexity index is 1250. The third-order valence-electron chi connectivity index (χ3n) is 5.18. The van der Waals surface area contributed by atoms with Crippen LogP contribution >= 0.6 is 11.8 Å². The summed E-state index contributed by atoms with van der Waals surface area (Å²) in [6.07, 6.45) is 1.69. The van der Waals surface area contributed by atoms with Gasteiger partial charge in [0.25, 0.3) is 17.1 Å². The van der Waals surface area contributed by atoms with Crippen molar-refractivity contribution in [3.05, 3.63) is 100.0 Å². The number of ether oxygens (including phenoxy) is 1. The molecule has 3 amide bonds. The first kappa shape index (κ1) is 23.3. The predicted octanol–water partition coefficient (Wildman–Crippen LogP) is 5.56. The molecule has 1 fully saturated rings. The number of carbonyl (C=O) groups excluding carboxylic acids is 3. The maximum atomic E-state index is 12.8. The molecule has 7 heteroatoms. The molecule has 0 atom stereocenters. The summed E-state index contributed by atoms with van der Waals surface area (Å²) >= 11 is 0.935. The van der Waals surface area contributed by atoms with Gasteiger partial charge in [0.05, 0.1) is 11.4 Å². The zero-order chi connectivity index (χ0) is 24.1. The van der Waals surface area contributed by atoms with E-state index >= 15 is 0 Å². The van der Waals surface area contributed by atoms with Gasteiger partial charge in [0.1, 0.15) is 5.75 Å². The molecule has 0 aliphatic carbocycles. The number of benzene rings is 3. The van der Waals surface area contributed by atoms with Crippen molar-refractivity contribution >= 4 is 40.6 Å². The summed E-state index contributed by atoms with van der Waals surface area (Å²) in [5.74, 6) is -0.0245. The fourth-order valence-electron chi connectivity index (χ4n) is 3.42. The maximum absolute atomic E-state index is 12.8. The van der Waals surface area contributed by atoms with Crippen LogP contribution < -0.4 is 10.1 Å². The first-order valence-electron chi connectivity index (χ1n) is 10.8. The van der Waals surface area contributed by atoms with Gasteiger partial charge in [0.15, 0.2) is 6.61 Å². The lowest BCUT2D eigenvalue weighted by Crippen LogP contribution is -2.27. The standard InChI is InChI=1S/C27H24N2O4S/c1-18-6-10-22(11-7-18)28-25(30)17-33-23-12-8-20(9-13-23)15-24-26(31)29(27(32)34-24)16-21-5-3-4-19(2)14-21/h3-15H,16-17H2,1-2H3,(H,28,30)/b24-15+. The van der Waals surface area contributed by atoms with Crippen molar-refractivity contribution in [1.29, 1.82) is 0 Å². The fourth-order valence-corrected chi connectivity index (χ4v) is 4.26. The van der Waals surface area contributed by atoms with Crippen LogP contribution in [0, 0.1) is 13.8 Å². The Balaban J connectivity index is 1.33. The average Bonchev–Trinajstić information content (AvgIpc) is 3.07. The summed E-state index contributed by atoms with van der Waals surface area (Å²) in [7, 11) is 0. The Morgan fingerprint density at radius 3 is 2.41 bits per heavy atom. The van der Waals surface area contributed by atoms with Gasteiger partial charge in [0.2, 0.25) is 0 Å². The van der Waals surface area contributed by atoms with Crippen molar-refractivity contribution in [2.45, 2.75) is 20.4 Å². The molecule has 1 aliphatic heterocycles. The molecule has 6 nitrogen and oxygen atoms in total. The number of nitrogens with one attached hydrogen (secondary N) is 1. The van der Waals surface area contributed by atoms with Gasteiger partial charge in [-0.15, -0.1) is 0 Å². The molecule has 4 rings (SSSR count). The van der Waals surface area contributed by atoms with Gasteiger partial charge in [0, 0.05) is 5.69 Å². The molecule has 1 N–H and O–H groups in total. The maximum Gasteiger partial charge on any atom is 0.293 e. The first-order valence-corrected chi connectivity index (χ1v) is 11.6. The van der Waals surface area contributed by atoms with Crippen molar-refractivity contribution in [3.63, 3.8) is 0 Å². The van der Waals surface area contributed by atoms with Gasteiger partial charge < -0.3 is 10.1 Å². The van der Waals surface area contributed by atoms with Crippen LogP contribution in [0.3, 0.4) is 0 Å². The van der Waals surface area contributed by atoms with E-state index in [2.05, 4.69) is 5.32 Å². The van der Waals surface area contributed by atoms with Crippen molar-refractivity contribution in [1.82, 2.24) is 4.90 Å². The molecule has 1 heterocycles. The smallest absolute Gasteiger partial charge is 0.293 e. The minimum atomic E-state index is -0.301. The van der Waals surface area contributed by atoms with E-state index in [9.17, 15) is 14.4 Å². The molecule has 0 saturated carbocycles. The summed E-state index contributed by atoms with van der Waals surface area (Å²) in [4.78, 5) is 38.9. The molecule has 0 aromatic heterocycles. The number of rotatable bonds is 7. The summed E-state index contributed by atoms with van der Waals surface area (Å²) in [5.41, 5.74) is 4.58. The number of aryl methyl sites for hydroxylation is 2. The SMILES string of the molecule is Cc1ccc(NC(=O)COc2ccc(/C=C3/SC(=O)N(Cc4cccc(C)c4)C3=O)cc2)cc1. The van der Waals surface area contributed by atoms with E-state index in [0.29, 0.717) is 16.3 Å². The highest BCUT2D eigenvalue weighted by Crippen LogP contribution is 2.33. The predicted molar refractivity (Wildman–Crippen MR) is 134 cm³/mol. The molecular formula is C27H24N2O4S. The van der Waals surface area contributed by atoms with Crippen molar-refractivity contribution in [3.8, 4) is 5.75 Å². The first-order chi connectivity index (χ1) is 16.4. The van der Waals surface area contributed by atoms with Crippen LogP contribution in [0.25, 0.3) is 6.08 Å². The average molecular weight is 473 g/mol. The van der Waals surface area contributed by atoms with E-state index in [-0.39, 0.29) is 30.2 Å². The van der Waals surface area contributed by atoms with Crippen LogP contribution in [0.2, 0.25) is 0 Å². The van der Waals surface area contributed by atoms with Crippen molar-refractivity contribution in [2.24, 2.45) is 0 Å². The number of nitrogens with zero attached hydrogens (tertiary/aromatic N) is 1. The van der Waals surface area contributed by atoms with Crippen LogP contribution in [-0.2, 0) is 16.1 Å². The van der Waals surface area contributed by atoms with E-state index in [4.69, 9.17) is 4.74 Å². The summed E-state index contributed by atoms with van der Waals surface area (Å²) in [5, 5.41) is 2.50. The fraction of sp³-hybridized carbons (Fsp3) is 0.148. The van der Waals surface area contributed by atoms with Gasteiger partial charge in [-0.05, 0) is 67.1 Å². The Morgan fingerprint density at radius 1 is 0.971 bits per heavy atom. The van der Waals surface area contributed by atoms with Gasteiger partial charge in [-0.3, -0.25) is 19.3 Å². The van der Waals surface area contributed by atoms with E-state index in [1.54, 1.807) is 30.3 Å². The molecule has 0 radical (unpaired) electrons. The Hall–Kier alpha value is -3.84. The number of amides is 3. The number of imide groups is 1. The Kier molecular flexibility index (Phi) is 7.13. The topological polar surface area (TPSA) is 75.7 Å². The second kappa shape index (κ2) is 10.4. The number of hydrogen-bond acceptors (Lipinski definition) is 5. The highest BCUT2D eigenvalue weighted by molar-refractivity contribution is 8.18. The van der Waals surface area contributed by atoms with Gasteiger partial charge in [-0.2, -0.15) is 0 Å². The van der Waals surface area contributed by atoms with Crippen LogP contribution in [0.15, 0.2) is 77.7 Å². The molecule has 1 saturated heterocycles. The number of carbonyl (C=O) groups is 3. The van der Waals surface area contributed by atoms with Gasteiger partial charge in [-0.1, -0.05) is 59.7 Å². The molecule has 0 spiro atoms. The molecule has 1 aliphatic rings. The minimum Gasteiger partial charge on any atom is -0.484 e. The van der Waals surface area contributed by atoms with Crippen molar-refractivity contribution < 1.29 is 19.1 Å². The molecule has 3 aromatic carbocycles. The van der Waals surface area contributed by atoms with E-state index in [1.165, 1.54) is 4.90 Å². The molecule has 0 bridgehead atoms. The Labute approximate surface area is 202 Å². The lowest BCUT2D eigenvalue weighted by atomic mass is 10.1. The monoisotopic (exact) mass is 472 g/mol. The number of anilines is 1. The normalized spacial score (nSPS) is 14.5. The highest BCUT2D eigenvalue weighted by Gasteiger charge is 2.34. The zero-order valence-corrected chi connectivity index (χ0v) is 19.7. The summed E-state index contributed by atoms with van der Waals surface area (Å²) in [6.45, 7) is 4.09. The quantitative estimate of drug-likeness (QED) is 0.456. The third kappa shape index (κ3) is 5.94. The van der Waals surface area contributed by atoms with Crippen molar-refractivity contribution in [2.75, 3.05) is 11.9 Å². The Morgan fingerprint density at radius 2 is 1.71 bits per heavy atom. The van der Waals surface area contributed by atoms with Crippen LogP contribution in [0.4, 0.5) is 10.5 Å². The van der Waals surface area contributed by atoms with Crippen LogP contribution in [0.1, 0.15) is 22.3 Å². The van der Waals surface area contributed by atoms with Crippen LogP contribution in [-0.4, -0.2) is 28.6 Å².